The Morgan fingerprint density at radius 3 is 2.19 bits per heavy atom. The fraction of sp³-hybridized carbons (Fsp3) is 1.00. The number of rotatable bonds is 4. The maximum Gasteiger partial charge on any atom is 0.150 e. The van der Waals surface area contributed by atoms with Crippen LogP contribution < -0.4 is 5.32 Å². The van der Waals surface area contributed by atoms with Crippen molar-refractivity contribution < 1.29 is 8.42 Å². The highest BCUT2D eigenvalue weighted by molar-refractivity contribution is 7.91. The molecule has 0 bridgehead atoms. The molecule has 0 aromatic carbocycles. The summed E-state index contributed by atoms with van der Waals surface area (Å²) in [5, 5.41) is 3.62. The van der Waals surface area contributed by atoms with Gasteiger partial charge in [-0.1, -0.05) is 0 Å². The Kier molecular flexibility index (Phi) is 2.55. The van der Waals surface area contributed by atoms with Gasteiger partial charge in [0, 0.05) is 12.6 Å². The van der Waals surface area contributed by atoms with E-state index >= 15 is 0 Å². The molecule has 2 saturated carbocycles. The maximum absolute atomic E-state index is 11.3. The highest BCUT2D eigenvalue weighted by Gasteiger charge is 2.53. The van der Waals surface area contributed by atoms with Crippen LogP contribution in [-0.2, 0) is 9.84 Å². The fourth-order valence-electron chi connectivity index (χ4n) is 3.03. The third-order valence-corrected chi connectivity index (χ3v) is 6.35. The summed E-state index contributed by atoms with van der Waals surface area (Å²) in [4.78, 5) is 0. The maximum atomic E-state index is 11.3. The molecule has 1 N–H and O–H groups in total. The van der Waals surface area contributed by atoms with Gasteiger partial charge in [-0.3, -0.25) is 0 Å². The van der Waals surface area contributed by atoms with Gasteiger partial charge in [-0.25, -0.2) is 8.42 Å². The van der Waals surface area contributed by atoms with Crippen LogP contribution in [0.15, 0.2) is 0 Å². The van der Waals surface area contributed by atoms with Crippen molar-refractivity contribution in [1.82, 2.24) is 5.32 Å². The fourth-order valence-corrected chi connectivity index (χ4v) is 4.52. The summed E-state index contributed by atoms with van der Waals surface area (Å²) in [6.45, 7) is 1.14. The molecule has 16 heavy (non-hydrogen) atoms. The van der Waals surface area contributed by atoms with Crippen molar-refractivity contribution in [2.24, 2.45) is 11.3 Å². The zero-order valence-corrected chi connectivity index (χ0v) is 10.6. The Morgan fingerprint density at radius 2 is 1.69 bits per heavy atom. The average molecular weight is 243 g/mol. The van der Waals surface area contributed by atoms with Crippen molar-refractivity contribution in [3.8, 4) is 0 Å². The highest BCUT2D eigenvalue weighted by atomic mass is 32.2. The summed E-state index contributed by atoms with van der Waals surface area (Å²) in [5.74, 6) is 1.77. The van der Waals surface area contributed by atoms with Gasteiger partial charge in [-0.15, -0.1) is 0 Å². The second-order valence-corrected chi connectivity index (χ2v) is 8.25. The van der Waals surface area contributed by atoms with Crippen LogP contribution in [0.3, 0.4) is 0 Å². The first-order valence-electron chi connectivity index (χ1n) is 6.54. The van der Waals surface area contributed by atoms with Gasteiger partial charge in [-0.2, -0.15) is 0 Å². The average Bonchev–Trinajstić information content (AvgIpc) is 3.10. The lowest BCUT2D eigenvalue weighted by molar-refractivity contribution is 0.358. The van der Waals surface area contributed by atoms with E-state index in [9.17, 15) is 8.42 Å². The zero-order valence-electron chi connectivity index (χ0n) is 9.74. The van der Waals surface area contributed by atoms with E-state index in [2.05, 4.69) is 5.32 Å². The monoisotopic (exact) mass is 243 g/mol. The molecule has 0 amide bonds. The molecule has 0 aromatic heterocycles. The number of hydrogen-bond acceptors (Lipinski definition) is 3. The van der Waals surface area contributed by atoms with E-state index in [4.69, 9.17) is 0 Å². The van der Waals surface area contributed by atoms with Gasteiger partial charge in [0.15, 0.2) is 0 Å². The van der Waals surface area contributed by atoms with Gasteiger partial charge in [0.05, 0.1) is 11.5 Å². The molecule has 0 atom stereocenters. The van der Waals surface area contributed by atoms with E-state index in [1.807, 2.05) is 0 Å². The van der Waals surface area contributed by atoms with E-state index in [1.165, 1.54) is 25.7 Å². The summed E-state index contributed by atoms with van der Waals surface area (Å²) in [7, 11) is -2.70. The molecule has 3 aliphatic rings. The summed E-state index contributed by atoms with van der Waals surface area (Å²) >= 11 is 0. The third kappa shape index (κ3) is 2.28. The quantitative estimate of drug-likeness (QED) is 0.810. The Labute approximate surface area is 97.9 Å². The minimum absolute atomic E-state index is 0.390. The predicted molar refractivity (Wildman–Crippen MR) is 64.1 cm³/mol. The molecule has 1 heterocycles. The number of nitrogens with one attached hydrogen (secondary N) is 1. The van der Waals surface area contributed by atoms with Crippen LogP contribution in [0.4, 0.5) is 0 Å². The van der Waals surface area contributed by atoms with Crippen molar-refractivity contribution in [2.75, 3.05) is 18.1 Å². The first-order valence-corrected chi connectivity index (χ1v) is 8.36. The molecule has 0 radical (unpaired) electrons. The Hall–Kier alpha value is -0.0900. The molecule has 1 aliphatic heterocycles. The lowest BCUT2D eigenvalue weighted by Gasteiger charge is -2.25. The molecule has 0 unspecified atom stereocenters. The van der Waals surface area contributed by atoms with E-state index < -0.39 is 9.84 Å². The summed E-state index contributed by atoms with van der Waals surface area (Å²) in [6, 6.07) is 0.458. The predicted octanol–water partition coefficient (Wildman–Crippen LogP) is 1.34. The van der Waals surface area contributed by atoms with Crippen LogP contribution in [0.5, 0.6) is 0 Å². The molecule has 3 fully saturated rings. The molecule has 0 aromatic rings. The zero-order chi connectivity index (χ0) is 11.2. The van der Waals surface area contributed by atoms with E-state index in [0.717, 1.165) is 25.3 Å². The first-order chi connectivity index (χ1) is 7.60. The molecule has 0 spiro atoms. The van der Waals surface area contributed by atoms with Crippen LogP contribution in [0.2, 0.25) is 0 Å². The van der Waals surface area contributed by atoms with Crippen molar-refractivity contribution in [3.05, 3.63) is 0 Å². The van der Waals surface area contributed by atoms with E-state index in [-0.39, 0.29) is 0 Å². The number of hydrogen-bond donors (Lipinski definition) is 1. The van der Waals surface area contributed by atoms with E-state index in [1.54, 1.807) is 0 Å². The minimum Gasteiger partial charge on any atom is -0.313 e. The summed E-state index contributed by atoms with van der Waals surface area (Å²) < 4.78 is 22.6. The smallest absolute Gasteiger partial charge is 0.150 e. The van der Waals surface area contributed by atoms with Crippen molar-refractivity contribution in [2.45, 2.75) is 44.6 Å². The molecular formula is C12H21NO2S. The standard InChI is InChI=1S/C12H21NO2S/c14-16(15)7-3-11(4-8-16)13-9-12(5-6-12)10-1-2-10/h10-11,13H,1-9H2. The summed E-state index contributed by atoms with van der Waals surface area (Å²) in [5.41, 5.74) is 0.635. The SMILES string of the molecule is O=S1(=O)CCC(NCC2(C3CC3)CC2)CC1. The van der Waals surface area contributed by atoms with Gasteiger partial charge in [-0.05, 0) is 49.9 Å². The number of sulfone groups is 1. The molecular weight excluding hydrogens is 222 g/mol. The topological polar surface area (TPSA) is 46.2 Å². The third-order valence-electron chi connectivity index (χ3n) is 4.63. The molecule has 3 nitrogen and oxygen atoms in total. The normalized spacial score (nSPS) is 32.5. The Morgan fingerprint density at radius 1 is 1.06 bits per heavy atom. The van der Waals surface area contributed by atoms with Crippen LogP contribution in [-0.4, -0.2) is 32.5 Å². The summed E-state index contributed by atoms with van der Waals surface area (Å²) in [6.07, 6.45) is 7.30. The Balaban J connectivity index is 1.46. The molecule has 3 rings (SSSR count). The molecule has 1 saturated heterocycles. The van der Waals surface area contributed by atoms with Crippen molar-refractivity contribution in [3.63, 3.8) is 0 Å². The van der Waals surface area contributed by atoms with Crippen LogP contribution in [0, 0.1) is 11.3 Å². The lowest BCUT2D eigenvalue weighted by Crippen LogP contribution is -2.40. The van der Waals surface area contributed by atoms with Crippen molar-refractivity contribution in [1.29, 1.82) is 0 Å². The van der Waals surface area contributed by atoms with Crippen LogP contribution >= 0.6 is 0 Å². The van der Waals surface area contributed by atoms with Gasteiger partial charge in [0.25, 0.3) is 0 Å². The second kappa shape index (κ2) is 3.70. The van der Waals surface area contributed by atoms with Crippen molar-refractivity contribution >= 4 is 9.84 Å². The highest BCUT2D eigenvalue weighted by Crippen LogP contribution is 2.60. The van der Waals surface area contributed by atoms with Gasteiger partial charge < -0.3 is 5.32 Å². The molecule has 2 aliphatic carbocycles. The minimum atomic E-state index is -2.70. The van der Waals surface area contributed by atoms with Crippen LogP contribution in [0.1, 0.15) is 38.5 Å². The van der Waals surface area contributed by atoms with Gasteiger partial charge in [0.2, 0.25) is 0 Å². The van der Waals surface area contributed by atoms with Gasteiger partial charge in [0.1, 0.15) is 9.84 Å². The largest absolute Gasteiger partial charge is 0.313 e. The lowest BCUT2D eigenvalue weighted by atomic mass is 10.00. The van der Waals surface area contributed by atoms with Gasteiger partial charge >= 0.3 is 0 Å². The van der Waals surface area contributed by atoms with E-state index in [0.29, 0.717) is 23.0 Å². The molecule has 4 heteroatoms. The second-order valence-electron chi connectivity index (χ2n) is 5.94. The van der Waals surface area contributed by atoms with Crippen LogP contribution in [0.25, 0.3) is 0 Å². The Bertz CT molecular complexity index is 354. The molecule has 92 valence electrons. The first kappa shape index (κ1) is 11.0.